The lowest BCUT2D eigenvalue weighted by molar-refractivity contribution is 0.0823. The molecule has 2 aromatic heterocycles. The van der Waals surface area contributed by atoms with Crippen molar-refractivity contribution >= 4 is 5.78 Å². The summed E-state index contributed by atoms with van der Waals surface area (Å²) < 4.78 is 38.0. The first-order chi connectivity index (χ1) is 13.1. The molecule has 0 N–H and O–H groups in total. The van der Waals surface area contributed by atoms with E-state index in [1.54, 1.807) is 12.1 Å². The fourth-order valence-corrected chi connectivity index (χ4v) is 3.27. The van der Waals surface area contributed by atoms with Crippen molar-refractivity contribution < 1.29 is 22.4 Å². The van der Waals surface area contributed by atoms with E-state index in [4.69, 9.17) is 8.83 Å². The molecule has 0 atom stereocenters. The predicted molar refractivity (Wildman–Crippen MR) is 90.7 cm³/mol. The molecule has 0 amide bonds. The molecule has 0 spiro atoms. The van der Waals surface area contributed by atoms with Crippen LogP contribution in [0.2, 0.25) is 0 Å². The summed E-state index contributed by atoms with van der Waals surface area (Å²) in [4.78, 5) is 14.6. The van der Waals surface area contributed by atoms with Crippen LogP contribution < -0.4 is 0 Å². The predicted octanol–water partition coefficient (Wildman–Crippen LogP) is 3.70. The van der Waals surface area contributed by atoms with Crippen LogP contribution in [0.25, 0.3) is 11.7 Å². The van der Waals surface area contributed by atoms with E-state index < -0.39 is 11.6 Å². The van der Waals surface area contributed by atoms with Crippen LogP contribution in [0.1, 0.15) is 29.1 Å². The quantitative estimate of drug-likeness (QED) is 0.635. The Kier molecular flexibility index (Phi) is 4.81. The molecule has 0 saturated carbocycles. The zero-order valence-corrected chi connectivity index (χ0v) is 14.4. The van der Waals surface area contributed by atoms with Gasteiger partial charge in [0.25, 0.3) is 5.89 Å². The highest BCUT2D eigenvalue weighted by Crippen LogP contribution is 2.25. The summed E-state index contributed by atoms with van der Waals surface area (Å²) in [6.45, 7) is 1.72. The standard InChI is InChI=1S/C19H17F2N3O3/c20-13-3-4-15(21)14(10-13)18(25)12-5-7-24(8-6-12)11-17-22-23-19(27-17)16-2-1-9-26-16/h1-4,9-10,12H,5-8,11H2. The van der Waals surface area contributed by atoms with Gasteiger partial charge in [-0.15, -0.1) is 10.2 Å². The van der Waals surface area contributed by atoms with E-state index in [-0.39, 0.29) is 17.3 Å². The Morgan fingerprint density at radius 2 is 2.00 bits per heavy atom. The molecule has 6 nitrogen and oxygen atoms in total. The van der Waals surface area contributed by atoms with Gasteiger partial charge in [-0.05, 0) is 56.3 Å². The fourth-order valence-electron chi connectivity index (χ4n) is 3.27. The Morgan fingerprint density at radius 1 is 1.19 bits per heavy atom. The number of hydrogen-bond donors (Lipinski definition) is 0. The van der Waals surface area contributed by atoms with Crippen LogP contribution in [0.3, 0.4) is 0 Å². The number of piperidine rings is 1. The topological polar surface area (TPSA) is 72.4 Å². The molecule has 4 rings (SSSR count). The summed E-state index contributed by atoms with van der Waals surface area (Å²) in [5.74, 6) is -0.663. The first-order valence-electron chi connectivity index (χ1n) is 8.68. The summed E-state index contributed by atoms with van der Waals surface area (Å²) in [6.07, 6.45) is 2.66. The first kappa shape index (κ1) is 17.5. The SMILES string of the molecule is O=C(c1cc(F)ccc1F)C1CCN(Cc2nnc(-c3ccco3)o2)CC1. The first-order valence-corrected chi connectivity index (χ1v) is 8.68. The average molecular weight is 373 g/mol. The molecule has 0 unspecified atom stereocenters. The number of benzene rings is 1. The van der Waals surface area contributed by atoms with Gasteiger partial charge in [-0.3, -0.25) is 9.69 Å². The minimum atomic E-state index is -0.680. The number of likely N-dealkylation sites (tertiary alicyclic amines) is 1. The van der Waals surface area contributed by atoms with Crippen LogP contribution in [0.4, 0.5) is 8.78 Å². The summed E-state index contributed by atoms with van der Waals surface area (Å²) in [5.41, 5.74) is -0.173. The van der Waals surface area contributed by atoms with Gasteiger partial charge < -0.3 is 8.83 Å². The molecule has 0 aliphatic carbocycles. The largest absolute Gasteiger partial charge is 0.459 e. The van der Waals surface area contributed by atoms with Crippen molar-refractivity contribution in [1.29, 1.82) is 0 Å². The number of aromatic nitrogens is 2. The summed E-state index contributed by atoms with van der Waals surface area (Å²) in [6, 6.07) is 6.45. The molecule has 140 valence electrons. The highest BCUT2D eigenvalue weighted by atomic mass is 19.1. The summed E-state index contributed by atoms with van der Waals surface area (Å²) in [5, 5.41) is 7.97. The smallest absolute Gasteiger partial charge is 0.283 e. The van der Waals surface area contributed by atoms with Crippen LogP contribution in [0.5, 0.6) is 0 Å². The van der Waals surface area contributed by atoms with Gasteiger partial charge in [0, 0.05) is 5.92 Å². The number of nitrogens with zero attached hydrogens (tertiary/aromatic N) is 3. The summed E-state index contributed by atoms with van der Waals surface area (Å²) >= 11 is 0. The molecule has 3 heterocycles. The second-order valence-corrected chi connectivity index (χ2v) is 6.52. The van der Waals surface area contributed by atoms with Crippen LogP contribution in [0.15, 0.2) is 45.4 Å². The molecule has 1 saturated heterocycles. The van der Waals surface area contributed by atoms with E-state index in [9.17, 15) is 13.6 Å². The van der Waals surface area contributed by atoms with E-state index in [0.29, 0.717) is 50.0 Å². The number of Topliss-reactive ketones (excluding diaryl/α,β-unsaturated/α-hetero) is 1. The van der Waals surface area contributed by atoms with Crippen LogP contribution in [-0.4, -0.2) is 34.0 Å². The number of hydrogen-bond acceptors (Lipinski definition) is 6. The van der Waals surface area contributed by atoms with Crippen molar-refractivity contribution in [3.8, 4) is 11.7 Å². The number of furan rings is 1. The van der Waals surface area contributed by atoms with Crippen molar-refractivity contribution in [2.45, 2.75) is 19.4 Å². The van der Waals surface area contributed by atoms with Crippen LogP contribution in [-0.2, 0) is 6.54 Å². The Balaban J connectivity index is 1.35. The third-order valence-corrected chi connectivity index (χ3v) is 4.71. The molecule has 3 aromatic rings. The fraction of sp³-hybridized carbons (Fsp3) is 0.316. The van der Waals surface area contributed by atoms with E-state index in [1.807, 2.05) is 0 Å². The lowest BCUT2D eigenvalue weighted by Crippen LogP contribution is -2.36. The van der Waals surface area contributed by atoms with Gasteiger partial charge in [-0.25, -0.2) is 8.78 Å². The van der Waals surface area contributed by atoms with Gasteiger partial charge in [-0.1, -0.05) is 0 Å². The molecule has 1 aliphatic heterocycles. The lowest BCUT2D eigenvalue weighted by atomic mass is 9.88. The van der Waals surface area contributed by atoms with Crippen molar-refractivity contribution in [1.82, 2.24) is 15.1 Å². The minimum absolute atomic E-state index is 0.173. The van der Waals surface area contributed by atoms with Crippen molar-refractivity contribution in [2.75, 3.05) is 13.1 Å². The Labute approximate surface area is 153 Å². The molecule has 1 fully saturated rings. The maximum atomic E-state index is 13.8. The maximum Gasteiger partial charge on any atom is 0.283 e. The molecule has 0 bridgehead atoms. The average Bonchev–Trinajstić information content (AvgIpc) is 3.35. The van der Waals surface area contributed by atoms with E-state index >= 15 is 0 Å². The van der Waals surface area contributed by atoms with Crippen LogP contribution in [0, 0.1) is 17.6 Å². The third kappa shape index (κ3) is 3.80. The monoisotopic (exact) mass is 373 g/mol. The maximum absolute atomic E-state index is 13.8. The van der Waals surface area contributed by atoms with Gasteiger partial charge in [-0.2, -0.15) is 0 Å². The molecular formula is C19H17F2N3O3. The van der Waals surface area contributed by atoms with Gasteiger partial charge in [0.15, 0.2) is 11.5 Å². The number of ketones is 1. The van der Waals surface area contributed by atoms with Gasteiger partial charge >= 0.3 is 0 Å². The highest BCUT2D eigenvalue weighted by molar-refractivity contribution is 5.98. The lowest BCUT2D eigenvalue weighted by Gasteiger charge is -2.30. The normalized spacial score (nSPS) is 15.9. The second kappa shape index (κ2) is 7.40. The minimum Gasteiger partial charge on any atom is -0.459 e. The Hall–Kier alpha value is -2.87. The van der Waals surface area contributed by atoms with E-state index in [0.717, 1.165) is 18.2 Å². The zero-order chi connectivity index (χ0) is 18.8. The van der Waals surface area contributed by atoms with Crippen molar-refractivity contribution in [2.24, 2.45) is 5.92 Å². The Bertz CT molecular complexity index is 932. The van der Waals surface area contributed by atoms with Gasteiger partial charge in [0.1, 0.15) is 11.6 Å². The molecule has 1 aromatic carbocycles. The highest BCUT2D eigenvalue weighted by Gasteiger charge is 2.28. The molecule has 8 heteroatoms. The number of rotatable bonds is 5. The van der Waals surface area contributed by atoms with Crippen molar-refractivity contribution in [3.63, 3.8) is 0 Å². The molecular weight excluding hydrogens is 356 g/mol. The molecule has 0 radical (unpaired) electrons. The van der Waals surface area contributed by atoms with Crippen molar-refractivity contribution in [3.05, 3.63) is 59.7 Å². The van der Waals surface area contributed by atoms with Gasteiger partial charge in [0.2, 0.25) is 5.89 Å². The second-order valence-electron chi connectivity index (χ2n) is 6.52. The van der Waals surface area contributed by atoms with E-state index in [2.05, 4.69) is 15.1 Å². The zero-order valence-electron chi connectivity index (χ0n) is 14.4. The summed E-state index contributed by atoms with van der Waals surface area (Å²) in [7, 11) is 0. The third-order valence-electron chi connectivity index (χ3n) is 4.71. The molecule has 1 aliphatic rings. The molecule has 27 heavy (non-hydrogen) atoms. The number of carbonyl (C=O) groups is 1. The number of halogens is 2. The Morgan fingerprint density at radius 3 is 2.74 bits per heavy atom. The number of carbonyl (C=O) groups excluding carboxylic acids is 1. The van der Waals surface area contributed by atoms with Gasteiger partial charge in [0.05, 0.1) is 18.4 Å². The van der Waals surface area contributed by atoms with Crippen LogP contribution >= 0.6 is 0 Å². The van der Waals surface area contributed by atoms with E-state index in [1.165, 1.54) is 6.26 Å².